The first-order chi connectivity index (χ1) is 21.7. The van der Waals surface area contributed by atoms with Gasteiger partial charge in [0.15, 0.2) is 5.82 Å². The van der Waals surface area contributed by atoms with Crippen molar-refractivity contribution in [1.82, 2.24) is 19.9 Å². The van der Waals surface area contributed by atoms with Crippen LogP contribution in [0.2, 0.25) is 0 Å². The third-order valence-corrected chi connectivity index (χ3v) is 10.4. The van der Waals surface area contributed by atoms with Crippen molar-refractivity contribution in [3.05, 3.63) is 41.5 Å². The standard InChI is InChI=1S/C34H32F3N5O3/c1-3-22-24(36)8-7-19-13-21(43)14-23(25(19)22)28-27(37)29-26-30(41(2)33(9-4-5-10-33)17-44-31(26)38-28)40-32(39-29)45-18-34-11-6-12-42(34)16-20(35)15-34/h1,7-8,13-14,20,43H,4-6,9-12,15-18H2,2H3/t20-,34+/m1/s1. The minimum Gasteiger partial charge on any atom is -0.508 e. The molecule has 2 saturated heterocycles. The molecule has 4 aliphatic rings. The monoisotopic (exact) mass is 615 g/mol. The van der Waals surface area contributed by atoms with E-state index in [2.05, 4.69) is 20.8 Å². The van der Waals surface area contributed by atoms with Gasteiger partial charge in [0, 0.05) is 31.0 Å². The van der Waals surface area contributed by atoms with Crippen molar-refractivity contribution in [3.8, 4) is 41.2 Å². The summed E-state index contributed by atoms with van der Waals surface area (Å²) in [6.07, 6.45) is 10.6. The molecule has 0 bridgehead atoms. The van der Waals surface area contributed by atoms with Crippen LogP contribution in [0.4, 0.5) is 19.0 Å². The number of halogens is 3. The molecule has 11 heteroatoms. The molecule has 0 unspecified atom stereocenters. The van der Waals surface area contributed by atoms with E-state index >= 15 is 4.39 Å². The van der Waals surface area contributed by atoms with Crippen molar-refractivity contribution >= 4 is 27.5 Å². The van der Waals surface area contributed by atoms with Crippen LogP contribution in [0, 0.1) is 24.0 Å². The van der Waals surface area contributed by atoms with Gasteiger partial charge in [0.25, 0.3) is 0 Å². The summed E-state index contributed by atoms with van der Waals surface area (Å²) in [6.45, 7) is 1.66. The number of phenols is 1. The minimum absolute atomic E-state index is 0.0268. The lowest BCUT2D eigenvalue weighted by molar-refractivity contribution is 0.107. The number of aromatic nitrogens is 3. The van der Waals surface area contributed by atoms with Gasteiger partial charge >= 0.3 is 6.01 Å². The van der Waals surface area contributed by atoms with Crippen LogP contribution in [-0.2, 0) is 0 Å². The maximum Gasteiger partial charge on any atom is 0.319 e. The van der Waals surface area contributed by atoms with Crippen LogP contribution in [0.5, 0.6) is 17.6 Å². The highest BCUT2D eigenvalue weighted by atomic mass is 19.1. The molecule has 0 amide bonds. The van der Waals surface area contributed by atoms with Crippen LogP contribution in [-0.4, -0.2) is 75.6 Å². The zero-order valence-corrected chi connectivity index (χ0v) is 24.9. The summed E-state index contributed by atoms with van der Waals surface area (Å²) in [6, 6.07) is 5.41. The number of ether oxygens (including phenoxy) is 2. The summed E-state index contributed by atoms with van der Waals surface area (Å²) in [5.74, 6) is 1.31. The van der Waals surface area contributed by atoms with Gasteiger partial charge in [-0.1, -0.05) is 24.8 Å². The molecule has 2 aromatic carbocycles. The second-order valence-electron chi connectivity index (χ2n) is 12.9. The Hall–Kier alpha value is -4.30. The van der Waals surface area contributed by atoms with Gasteiger partial charge in [0.05, 0.1) is 16.6 Å². The molecular weight excluding hydrogens is 583 g/mol. The van der Waals surface area contributed by atoms with Crippen LogP contribution < -0.4 is 14.4 Å². The Morgan fingerprint density at radius 1 is 1.11 bits per heavy atom. The summed E-state index contributed by atoms with van der Waals surface area (Å²) in [4.78, 5) is 18.2. The quantitative estimate of drug-likeness (QED) is 0.284. The molecule has 45 heavy (non-hydrogen) atoms. The topological polar surface area (TPSA) is 83.8 Å². The van der Waals surface area contributed by atoms with E-state index in [1.807, 2.05) is 11.9 Å². The Balaban J connectivity index is 1.34. The first-order valence-electron chi connectivity index (χ1n) is 15.4. The fourth-order valence-corrected chi connectivity index (χ4v) is 8.13. The Morgan fingerprint density at radius 2 is 1.93 bits per heavy atom. The van der Waals surface area contributed by atoms with Gasteiger partial charge < -0.3 is 19.5 Å². The fourth-order valence-electron chi connectivity index (χ4n) is 8.13. The average Bonchev–Trinajstić information content (AvgIpc) is 3.72. The van der Waals surface area contributed by atoms with Gasteiger partial charge in [0.1, 0.15) is 53.4 Å². The lowest BCUT2D eigenvalue weighted by Crippen LogP contribution is -2.48. The maximum atomic E-state index is 16.9. The maximum absolute atomic E-state index is 16.9. The number of hydrogen-bond donors (Lipinski definition) is 1. The predicted octanol–water partition coefficient (Wildman–Crippen LogP) is 5.91. The van der Waals surface area contributed by atoms with E-state index in [9.17, 15) is 13.9 Å². The molecule has 1 aliphatic carbocycles. The minimum atomic E-state index is -0.926. The number of terminal acetylenes is 1. The van der Waals surface area contributed by atoms with Crippen LogP contribution in [0.1, 0.15) is 50.5 Å². The molecule has 2 atom stereocenters. The summed E-state index contributed by atoms with van der Waals surface area (Å²) in [5, 5.41) is 11.6. The highest BCUT2D eigenvalue weighted by Gasteiger charge is 2.50. The van der Waals surface area contributed by atoms with Crippen molar-refractivity contribution in [2.24, 2.45) is 0 Å². The van der Waals surface area contributed by atoms with E-state index < -0.39 is 23.3 Å². The smallest absolute Gasteiger partial charge is 0.319 e. The first-order valence-corrected chi connectivity index (χ1v) is 15.4. The van der Waals surface area contributed by atoms with E-state index in [1.54, 1.807) is 0 Å². The predicted molar refractivity (Wildman–Crippen MR) is 163 cm³/mol. The zero-order valence-electron chi connectivity index (χ0n) is 24.9. The van der Waals surface area contributed by atoms with E-state index in [-0.39, 0.29) is 57.5 Å². The third kappa shape index (κ3) is 4.22. The molecule has 0 radical (unpaired) electrons. The third-order valence-electron chi connectivity index (χ3n) is 10.4. The number of benzene rings is 2. The summed E-state index contributed by atoms with van der Waals surface area (Å²) < 4.78 is 58.9. The molecule has 3 aliphatic heterocycles. The van der Waals surface area contributed by atoms with E-state index in [0.717, 1.165) is 45.1 Å². The fraction of sp³-hybridized carbons (Fsp3) is 0.441. The lowest BCUT2D eigenvalue weighted by atomic mass is 9.95. The average molecular weight is 616 g/mol. The van der Waals surface area contributed by atoms with Crippen molar-refractivity contribution in [2.45, 2.75) is 62.2 Å². The van der Waals surface area contributed by atoms with Crippen LogP contribution >= 0.6 is 0 Å². The van der Waals surface area contributed by atoms with Crippen molar-refractivity contribution in [1.29, 1.82) is 0 Å². The zero-order chi connectivity index (χ0) is 31.1. The Kier molecular flexibility index (Phi) is 6.33. The molecule has 4 aromatic rings. The highest BCUT2D eigenvalue weighted by molar-refractivity contribution is 6.04. The molecule has 8 nitrogen and oxygen atoms in total. The van der Waals surface area contributed by atoms with Crippen molar-refractivity contribution in [2.75, 3.05) is 38.3 Å². The van der Waals surface area contributed by atoms with Crippen LogP contribution in [0.25, 0.3) is 32.9 Å². The van der Waals surface area contributed by atoms with Gasteiger partial charge in [0.2, 0.25) is 5.88 Å². The lowest BCUT2D eigenvalue weighted by Gasteiger charge is -2.37. The number of phenolic OH excluding ortho intramolecular Hbond substituents is 1. The molecular formula is C34H32F3N5O3. The number of anilines is 1. The van der Waals surface area contributed by atoms with Crippen molar-refractivity contribution < 1.29 is 27.8 Å². The SMILES string of the molecule is C#Cc1c(F)ccc2cc(O)cc(-c3nc4c5c(nc(OC[C@@]67CCCN6C[C@H](F)C7)nc5c3F)N(C)C3(CCCC3)CO4)c12. The molecule has 5 heterocycles. The van der Waals surface area contributed by atoms with E-state index in [1.165, 1.54) is 24.3 Å². The van der Waals surface area contributed by atoms with E-state index in [4.69, 9.17) is 20.9 Å². The van der Waals surface area contributed by atoms with Gasteiger partial charge in [-0.05, 0) is 55.8 Å². The number of alkyl halides is 1. The Labute approximate surface area is 258 Å². The summed E-state index contributed by atoms with van der Waals surface area (Å²) in [5.41, 5.74) is -1.08. The number of nitrogens with zero attached hydrogens (tertiary/aromatic N) is 5. The molecule has 1 saturated carbocycles. The van der Waals surface area contributed by atoms with Gasteiger partial charge in [-0.15, -0.1) is 6.42 Å². The van der Waals surface area contributed by atoms with Gasteiger partial charge in [-0.2, -0.15) is 9.97 Å². The molecule has 1 spiro atoms. The number of rotatable bonds is 4. The summed E-state index contributed by atoms with van der Waals surface area (Å²) >= 11 is 0. The Bertz CT molecular complexity index is 1920. The number of likely N-dealkylation sites (N-methyl/N-ethyl adjacent to an activating group) is 1. The van der Waals surface area contributed by atoms with Crippen LogP contribution in [0.15, 0.2) is 24.3 Å². The largest absolute Gasteiger partial charge is 0.508 e. The summed E-state index contributed by atoms with van der Waals surface area (Å²) in [7, 11) is 1.92. The second kappa shape index (κ2) is 10.1. The highest BCUT2D eigenvalue weighted by Crippen LogP contribution is 2.47. The molecule has 8 rings (SSSR count). The first kappa shape index (κ1) is 28.2. The van der Waals surface area contributed by atoms with Gasteiger partial charge in [-0.3, -0.25) is 4.90 Å². The van der Waals surface area contributed by atoms with Crippen molar-refractivity contribution in [3.63, 3.8) is 0 Å². The number of fused-ring (bicyclic) bond motifs is 2. The van der Waals surface area contributed by atoms with E-state index in [0.29, 0.717) is 36.2 Å². The Morgan fingerprint density at radius 3 is 2.73 bits per heavy atom. The van der Waals surface area contributed by atoms with Gasteiger partial charge in [-0.25, -0.2) is 18.2 Å². The molecule has 232 valence electrons. The number of hydrogen-bond acceptors (Lipinski definition) is 8. The molecule has 3 fully saturated rings. The molecule has 1 N–H and O–H groups in total. The van der Waals surface area contributed by atoms with Crippen LogP contribution in [0.3, 0.4) is 0 Å². The second-order valence-corrected chi connectivity index (χ2v) is 12.9. The number of aromatic hydroxyl groups is 1. The normalized spacial score (nSPS) is 23.8. The number of pyridine rings is 1. The molecule has 2 aromatic heterocycles.